The molecule has 3 heteroatoms. The fourth-order valence-electron chi connectivity index (χ4n) is 2.16. The average molecular weight is 308 g/mol. The van der Waals surface area contributed by atoms with Crippen LogP contribution >= 0.6 is 27.0 Å². The van der Waals surface area contributed by atoms with Gasteiger partial charge in [0.05, 0.1) is 0 Å². The third kappa shape index (κ3) is 5.23. The largest absolute Gasteiger partial charge is 0.304 e. The Morgan fingerprint density at radius 3 is 1.65 bits per heavy atom. The van der Waals surface area contributed by atoms with E-state index in [1.165, 1.54) is 16.7 Å². The Kier molecular flexibility index (Phi) is 8.70. The van der Waals surface area contributed by atoms with Crippen LogP contribution in [0.25, 0.3) is 0 Å². The minimum absolute atomic E-state index is 0. The van der Waals surface area contributed by atoms with E-state index in [0.29, 0.717) is 12.1 Å². The maximum Gasteiger partial charge on any atom is 0.0297 e. The number of benzene rings is 2. The van der Waals surface area contributed by atoms with E-state index in [1.807, 2.05) is 0 Å². The molecule has 0 amide bonds. The van der Waals surface area contributed by atoms with Gasteiger partial charge in [-0.2, -0.15) is 27.0 Å². The predicted molar refractivity (Wildman–Crippen MR) is 98.3 cm³/mol. The Labute approximate surface area is 136 Å². The Morgan fingerprint density at radius 2 is 1.15 bits per heavy atom. The summed E-state index contributed by atoms with van der Waals surface area (Å²) in [6, 6.07) is 20.0. The molecule has 2 aromatic carbocycles. The second-order valence-electron chi connectivity index (χ2n) is 4.93. The summed E-state index contributed by atoms with van der Waals surface area (Å²) in [6.45, 7) is 6.54. The fraction of sp³-hybridized carbons (Fsp3) is 0.294. The van der Waals surface area contributed by atoms with Gasteiger partial charge in [-0.05, 0) is 31.9 Å². The van der Waals surface area contributed by atoms with Crippen LogP contribution in [-0.4, -0.2) is 0 Å². The van der Waals surface area contributed by atoms with Gasteiger partial charge in [-0.1, -0.05) is 60.2 Å². The smallest absolute Gasteiger partial charge is 0.0297 e. The molecule has 1 N–H and O–H groups in total. The third-order valence-electron chi connectivity index (χ3n) is 3.38. The molecule has 0 fully saturated rings. The van der Waals surface area contributed by atoms with Crippen LogP contribution in [-0.2, 0) is 0 Å². The molecule has 2 aromatic rings. The molecule has 20 heavy (non-hydrogen) atoms. The standard InChI is InChI=1S/C17H21N.2H2S/c1-13-9-11-17(12-10-13)15(3)18-14(2)16-7-5-4-6-8-16;;/h4-12,14-15,18H,1-3H3;2*1H2/t14?,15-;;/m0../s1. The number of aryl methyl sites for hydroxylation is 1. The van der Waals surface area contributed by atoms with Crippen molar-refractivity contribution in [3.8, 4) is 0 Å². The summed E-state index contributed by atoms with van der Waals surface area (Å²) in [6.07, 6.45) is 0. The van der Waals surface area contributed by atoms with Crippen LogP contribution in [0.15, 0.2) is 54.6 Å². The van der Waals surface area contributed by atoms with Crippen molar-refractivity contribution in [2.75, 3.05) is 0 Å². The maximum atomic E-state index is 3.63. The highest BCUT2D eigenvalue weighted by Gasteiger charge is 2.10. The van der Waals surface area contributed by atoms with Gasteiger partial charge in [0.15, 0.2) is 0 Å². The highest BCUT2D eigenvalue weighted by molar-refractivity contribution is 7.59. The van der Waals surface area contributed by atoms with Gasteiger partial charge in [-0.3, -0.25) is 0 Å². The van der Waals surface area contributed by atoms with Crippen molar-refractivity contribution in [1.82, 2.24) is 5.32 Å². The Bertz CT molecular complexity index is 482. The van der Waals surface area contributed by atoms with E-state index in [4.69, 9.17) is 0 Å². The third-order valence-corrected chi connectivity index (χ3v) is 3.38. The summed E-state index contributed by atoms with van der Waals surface area (Å²) in [4.78, 5) is 0. The molecule has 0 saturated carbocycles. The molecule has 0 aromatic heterocycles. The highest BCUT2D eigenvalue weighted by atomic mass is 32.1. The molecule has 1 nitrogen and oxygen atoms in total. The highest BCUT2D eigenvalue weighted by Crippen LogP contribution is 2.19. The molecule has 0 aliphatic heterocycles. The summed E-state index contributed by atoms with van der Waals surface area (Å²) in [5.74, 6) is 0. The van der Waals surface area contributed by atoms with Crippen molar-refractivity contribution in [3.63, 3.8) is 0 Å². The normalized spacial score (nSPS) is 12.8. The summed E-state index contributed by atoms with van der Waals surface area (Å²) in [5.41, 5.74) is 3.97. The number of nitrogens with one attached hydrogen (secondary N) is 1. The van der Waals surface area contributed by atoms with Crippen molar-refractivity contribution < 1.29 is 0 Å². The van der Waals surface area contributed by atoms with Crippen LogP contribution < -0.4 is 5.32 Å². The van der Waals surface area contributed by atoms with Gasteiger partial charge in [-0.25, -0.2) is 0 Å². The molecule has 0 aliphatic rings. The van der Waals surface area contributed by atoms with Gasteiger partial charge in [-0.15, -0.1) is 0 Å². The zero-order valence-electron chi connectivity index (χ0n) is 12.4. The van der Waals surface area contributed by atoms with Gasteiger partial charge < -0.3 is 5.32 Å². The van der Waals surface area contributed by atoms with Gasteiger partial charge in [0.1, 0.15) is 0 Å². The summed E-state index contributed by atoms with van der Waals surface area (Å²) < 4.78 is 0. The number of rotatable bonds is 4. The molecule has 2 rings (SSSR count). The van der Waals surface area contributed by atoms with Crippen LogP contribution in [0.2, 0.25) is 0 Å². The van der Waals surface area contributed by atoms with E-state index in [0.717, 1.165) is 0 Å². The lowest BCUT2D eigenvalue weighted by Crippen LogP contribution is -2.22. The molecule has 0 bridgehead atoms. The van der Waals surface area contributed by atoms with Crippen molar-refractivity contribution in [2.24, 2.45) is 0 Å². The summed E-state index contributed by atoms with van der Waals surface area (Å²) >= 11 is 0. The van der Waals surface area contributed by atoms with E-state index in [9.17, 15) is 0 Å². The molecule has 1 unspecified atom stereocenters. The minimum atomic E-state index is 0. The second-order valence-corrected chi connectivity index (χ2v) is 4.93. The van der Waals surface area contributed by atoms with Gasteiger partial charge >= 0.3 is 0 Å². The van der Waals surface area contributed by atoms with Gasteiger partial charge in [0.2, 0.25) is 0 Å². The molecule has 0 aliphatic carbocycles. The number of hydrogen-bond donors (Lipinski definition) is 1. The first-order valence-electron chi connectivity index (χ1n) is 6.54. The minimum Gasteiger partial charge on any atom is -0.304 e. The quantitative estimate of drug-likeness (QED) is 0.868. The summed E-state index contributed by atoms with van der Waals surface area (Å²) in [5, 5.41) is 3.63. The molecule has 0 heterocycles. The molecular formula is C17H25NS2. The van der Waals surface area contributed by atoms with Crippen LogP contribution in [0.4, 0.5) is 0 Å². The van der Waals surface area contributed by atoms with Crippen molar-refractivity contribution >= 4 is 27.0 Å². The van der Waals surface area contributed by atoms with Gasteiger partial charge in [0, 0.05) is 12.1 Å². The Hall–Kier alpha value is -0.900. The molecule has 0 saturated heterocycles. The Balaban J connectivity index is 0.00000180. The maximum absolute atomic E-state index is 3.63. The Morgan fingerprint density at radius 1 is 0.700 bits per heavy atom. The van der Waals surface area contributed by atoms with Crippen LogP contribution in [0.5, 0.6) is 0 Å². The molecule has 110 valence electrons. The predicted octanol–water partition coefficient (Wildman–Crippen LogP) is 4.63. The molecule has 0 radical (unpaired) electrons. The SMILES string of the molecule is Cc1ccc([C@H](C)NC(C)c2ccccc2)cc1.S.S. The average Bonchev–Trinajstić information content (AvgIpc) is 2.40. The van der Waals surface area contributed by atoms with Gasteiger partial charge in [0.25, 0.3) is 0 Å². The van der Waals surface area contributed by atoms with E-state index in [2.05, 4.69) is 80.7 Å². The first kappa shape index (κ1) is 19.1. The van der Waals surface area contributed by atoms with Crippen LogP contribution in [0, 0.1) is 6.92 Å². The lowest BCUT2D eigenvalue weighted by Gasteiger charge is -2.21. The molecule has 0 spiro atoms. The van der Waals surface area contributed by atoms with Crippen molar-refractivity contribution in [1.29, 1.82) is 0 Å². The van der Waals surface area contributed by atoms with E-state index >= 15 is 0 Å². The lowest BCUT2D eigenvalue weighted by atomic mass is 10.0. The zero-order chi connectivity index (χ0) is 13.0. The molecular weight excluding hydrogens is 282 g/mol. The van der Waals surface area contributed by atoms with Crippen LogP contribution in [0.1, 0.15) is 42.6 Å². The fourth-order valence-corrected chi connectivity index (χ4v) is 2.16. The van der Waals surface area contributed by atoms with Crippen LogP contribution in [0.3, 0.4) is 0 Å². The summed E-state index contributed by atoms with van der Waals surface area (Å²) in [7, 11) is 0. The molecule has 2 atom stereocenters. The monoisotopic (exact) mass is 307 g/mol. The first-order chi connectivity index (χ1) is 8.66. The van der Waals surface area contributed by atoms with E-state index in [-0.39, 0.29) is 27.0 Å². The van der Waals surface area contributed by atoms with E-state index in [1.54, 1.807) is 0 Å². The number of hydrogen-bond acceptors (Lipinski definition) is 1. The second kappa shape index (κ2) is 9.11. The van der Waals surface area contributed by atoms with E-state index < -0.39 is 0 Å². The topological polar surface area (TPSA) is 12.0 Å². The van der Waals surface area contributed by atoms with Crippen molar-refractivity contribution in [3.05, 3.63) is 71.3 Å². The lowest BCUT2D eigenvalue weighted by molar-refractivity contribution is 0.494. The first-order valence-corrected chi connectivity index (χ1v) is 6.54. The van der Waals surface area contributed by atoms with Crippen molar-refractivity contribution in [2.45, 2.75) is 32.9 Å². The zero-order valence-corrected chi connectivity index (χ0v) is 14.4.